The molecule has 1 N–H and O–H groups in total. The first-order valence-electron chi connectivity index (χ1n) is 9.53. The first-order valence-corrected chi connectivity index (χ1v) is 9.53. The Morgan fingerprint density at radius 1 is 1.10 bits per heavy atom. The van der Waals surface area contributed by atoms with Gasteiger partial charge in [0.1, 0.15) is 12.4 Å². The number of ketones is 1. The number of aromatic amines is 1. The molecule has 4 aromatic rings. The molecule has 8 heteroatoms. The van der Waals surface area contributed by atoms with Gasteiger partial charge in [-0.25, -0.2) is 13.8 Å². The van der Waals surface area contributed by atoms with Crippen molar-refractivity contribution in [2.24, 2.45) is 0 Å². The van der Waals surface area contributed by atoms with Gasteiger partial charge in [-0.3, -0.25) is 9.89 Å². The number of benzene rings is 2. The van der Waals surface area contributed by atoms with Crippen LogP contribution in [-0.4, -0.2) is 28.1 Å². The average Bonchev–Trinajstić information content (AvgIpc) is 3.17. The van der Waals surface area contributed by atoms with E-state index in [1.807, 2.05) is 0 Å². The van der Waals surface area contributed by atoms with Crippen LogP contribution in [0.4, 0.5) is 8.78 Å². The van der Waals surface area contributed by atoms with E-state index in [4.69, 9.17) is 9.47 Å². The number of carbonyl (C=O) groups is 1. The van der Waals surface area contributed by atoms with E-state index in [9.17, 15) is 9.18 Å². The molecule has 0 fully saturated rings. The Bertz CT molecular complexity index is 1250. The lowest BCUT2D eigenvalue weighted by Gasteiger charge is -2.12. The van der Waals surface area contributed by atoms with Gasteiger partial charge in [-0.2, -0.15) is 0 Å². The lowest BCUT2D eigenvalue weighted by molar-refractivity contribution is 0.0987. The molecule has 0 aliphatic heterocycles. The van der Waals surface area contributed by atoms with Gasteiger partial charge in [0.05, 0.1) is 18.1 Å². The van der Waals surface area contributed by atoms with Crippen molar-refractivity contribution in [3.63, 3.8) is 0 Å². The van der Waals surface area contributed by atoms with Gasteiger partial charge >= 0.3 is 0 Å². The maximum atomic E-state index is 15.1. The van der Waals surface area contributed by atoms with Crippen LogP contribution < -0.4 is 9.47 Å². The summed E-state index contributed by atoms with van der Waals surface area (Å²) < 4.78 is 38.9. The molecule has 0 saturated carbocycles. The second-order valence-corrected chi connectivity index (χ2v) is 7.06. The third kappa shape index (κ3) is 4.23. The number of halogens is 2. The Hall–Kier alpha value is -3.81. The van der Waals surface area contributed by atoms with Gasteiger partial charge in [-0.05, 0) is 47.9 Å². The van der Waals surface area contributed by atoms with E-state index >= 15 is 4.39 Å². The van der Waals surface area contributed by atoms with E-state index in [1.54, 1.807) is 37.4 Å². The van der Waals surface area contributed by atoms with Crippen LogP contribution in [0.25, 0.3) is 11.0 Å². The summed E-state index contributed by atoms with van der Waals surface area (Å²) in [6.07, 6.45) is 1.50. The number of hydrogen-bond donors (Lipinski definition) is 1. The number of Topliss-reactive ketones (excluding diaryl/α,β-unsaturated/α-hetero) is 1. The van der Waals surface area contributed by atoms with Crippen LogP contribution >= 0.6 is 0 Å². The molecule has 2 heterocycles. The van der Waals surface area contributed by atoms with E-state index in [0.717, 1.165) is 0 Å². The fourth-order valence-electron chi connectivity index (χ4n) is 3.30. The molecule has 0 aliphatic rings. The molecule has 0 radical (unpaired) electrons. The maximum absolute atomic E-state index is 15.1. The third-order valence-corrected chi connectivity index (χ3v) is 4.90. The van der Waals surface area contributed by atoms with E-state index in [2.05, 4.69) is 15.2 Å². The predicted molar refractivity (Wildman–Crippen MR) is 110 cm³/mol. The highest BCUT2D eigenvalue weighted by atomic mass is 19.1. The molecule has 0 unspecified atom stereocenters. The normalized spacial score (nSPS) is 11.0. The molecule has 0 spiro atoms. The van der Waals surface area contributed by atoms with Crippen molar-refractivity contribution in [2.45, 2.75) is 20.0 Å². The summed E-state index contributed by atoms with van der Waals surface area (Å²) in [6, 6.07) is 10.6. The quantitative estimate of drug-likeness (QED) is 0.441. The zero-order valence-electron chi connectivity index (χ0n) is 16.9. The molecule has 158 valence electrons. The van der Waals surface area contributed by atoms with Crippen molar-refractivity contribution in [3.8, 4) is 11.6 Å². The Morgan fingerprint density at radius 2 is 1.87 bits per heavy atom. The fraction of sp³-hybridized carbons (Fsp3) is 0.174. The highest BCUT2D eigenvalue weighted by Gasteiger charge is 2.20. The van der Waals surface area contributed by atoms with E-state index in [0.29, 0.717) is 33.6 Å². The van der Waals surface area contributed by atoms with Crippen LogP contribution in [0.2, 0.25) is 0 Å². The molecule has 31 heavy (non-hydrogen) atoms. The number of nitrogens with one attached hydrogen (secondary N) is 1. The molecular formula is C23H19F2N3O3. The maximum Gasteiger partial charge on any atom is 0.241 e. The van der Waals surface area contributed by atoms with Crippen LogP contribution in [0.3, 0.4) is 0 Å². The lowest BCUT2D eigenvalue weighted by Crippen LogP contribution is -2.10. The van der Waals surface area contributed by atoms with Gasteiger partial charge in [-0.15, -0.1) is 5.10 Å². The number of nitrogens with zero attached hydrogens (tertiary/aromatic N) is 2. The molecule has 2 aromatic heterocycles. The number of methoxy groups -OCH3 is 1. The molecule has 0 saturated heterocycles. The lowest BCUT2D eigenvalue weighted by atomic mass is 9.98. The van der Waals surface area contributed by atoms with E-state index in [1.165, 1.54) is 25.3 Å². The molecule has 0 amide bonds. The third-order valence-electron chi connectivity index (χ3n) is 4.90. The van der Waals surface area contributed by atoms with Gasteiger partial charge in [-0.1, -0.05) is 18.2 Å². The monoisotopic (exact) mass is 423 g/mol. The number of aryl methyl sites for hydroxylation is 1. The van der Waals surface area contributed by atoms with Gasteiger partial charge in [0.2, 0.25) is 5.88 Å². The minimum absolute atomic E-state index is 0.0316. The van der Waals surface area contributed by atoms with Gasteiger partial charge in [0, 0.05) is 12.6 Å². The number of aromatic nitrogens is 3. The molecule has 0 aliphatic carbocycles. The highest BCUT2D eigenvalue weighted by Crippen LogP contribution is 2.27. The SMILES string of the molecule is COc1n[nH]c2ncc(CC(=O)c3c(C)ccc(OCc4ccc(F)cc4)c3F)cc12. The molecular weight excluding hydrogens is 404 g/mol. The average molecular weight is 423 g/mol. The van der Waals surface area contributed by atoms with E-state index < -0.39 is 11.6 Å². The molecule has 4 rings (SSSR count). The van der Waals surface area contributed by atoms with Crippen LogP contribution in [0, 0.1) is 18.6 Å². The summed E-state index contributed by atoms with van der Waals surface area (Å²) in [6.45, 7) is 1.72. The number of ether oxygens (including phenoxy) is 2. The molecule has 0 atom stereocenters. The summed E-state index contributed by atoms with van der Waals surface area (Å²) in [5, 5.41) is 7.37. The number of rotatable bonds is 7. The summed E-state index contributed by atoms with van der Waals surface area (Å²) in [7, 11) is 1.49. The zero-order valence-corrected chi connectivity index (χ0v) is 16.9. The Morgan fingerprint density at radius 3 is 2.61 bits per heavy atom. The Labute approximate surface area is 176 Å². The van der Waals surface area contributed by atoms with Gasteiger partial charge in [0.15, 0.2) is 23.0 Å². The topological polar surface area (TPSA) is 77.1 Å². The van der Waals surface area contributed by atoms with Crippen molar-refractivity contribution in [1.82, 2.24) is 15.2 Å². The predicted octanol–water partition coefficient (Wildman–Crippen LogP) is 4.56. The second-order valence-electron chi connectivity index (χ2n) is 7.06. The first-order chi connectivity index (χ1) is 15.0. The van der Waals surface area contributed by atoms with Crippen molar-refractivity contribution < 1.29 is 23.0 Å². The van der Waals surface area contributed by atoms with Crippen LogP contribution in [0.1, 0.15) is 27.0 Å². The first kappa shape index (κ1) is 20.5. The highest BCUT2D eigenvalue weighted by molar-refractivity contribution is 5.99. The van der Waals surface area contributed by atoms with Crippen molar-refractivity contribution in [2.75, 3.05) is 7.11 Å². The fourth-order valence-corrected chi connectivity index (χ4v) is 3.30. The van der Waals surface area contributed by atoms with Crippen molar-refractivity contribution in [1.29, 1.82) is 0 Å². The number of hydrogen-bond acceptors (Lipinski definition) is 5. The molecule has 2 aromatic carbocycles. The number of fused-ring (bicyclic) bond motifs is 1. The van der Waals surface area contributed by atoms with E-state index in [-0.39, 0.29) is 30.2 Å². The van der Waals surface area contributed by atoms with Crippen molar-refractivity contribution in [3.05, 3.63) is 82.5 Å². The summed E-state index contributed by atoms with van der Waals surface area (Å²) in [5.41, 5.74) is 2.30. The van der Waals surface area contributed by atoms with Gasteiger partial charge in [0.25, 0.3) is 0 Å². The smallest absolute Gasteiger partial charge is 0.241 e. The Balaban J connectivity index is 1.56. The van der Waals surface area contributed by atoms with Crippen LogP contribution in [0.15, 0.2) is 48.7 Å². The largest absolute Gasteiger partial charge is 0.486 e. The Kier molecular flexibility index (Phi) is 5.62. The summed E-state index contributed by atoms with van der Waals surface area (Å²) in [4.78, 5) is 17.2. The second kappa shape index (κ2) is 8.51. The van der Waals surface area contributed by atoms with Crippen molar-refractivity contribution >= 4 is 16.8 Å². The number of pyridine rings is 1. The van der Waals surface area contributed by atoms with Crippen LogP contribution in [-0.2, 0) is 13.0 Å². The number of H-pyrrole nitrogens is 1. The summed E-state index contributed by atoms with van der Waals surface area (Å²) in [5.74, 6) is -1.15. The molecule has 0 bridgehead atoms. The minimum atomic E-state index is -0.720. The zero-order chi connectivity index (χ0) is 22.0. The minimum Gasteiger partial charge on any atom is -0.486 e. The van der Waals surface area contributed by atoms with Crippen LogP contribution in [0.5, 0.6) is 11.6 Å². The standard InChI is InChI=1S/C23H19F2N3O3/c1-13-3-8-19(31-12-14-4-6-16(24)7-5-14)21(25)20(13)18(29)10-15-9-17-22(26-11-15)27-28-23(17)30-2/h3-9,11H,10,12H2,1-2H3,(H,26,27,28). The molecule has 6 nitrogen and oxygen atoms in total. The number of carbonyl (C=O) groups excluding carboxylic acids is 1. The van der Waals surface area contributed by atoms with Gasteiger partial charge < -0.3 is 9.47 Å². The summed E-state index contributed by atoms with van der Waals surface area (Å²) >= 11 is 0.